The highest BCUT2D eigenvalue weighted by Gasteiger charge is 2.26. The van der Waals surface area contributed by atoms with E-state index in [-0.39, 0.29) is 4.90 Å². The second-order valence-electron chi connectivity index (χ2n) is 5.29. The summed E-state index contributed by atoms with van der Waals surface area (Å²) in [6.07, 6.45) is -0.309. The molecule has 1 radical (unpaired) electrons. The van der Waals surface area contributed by atoms with Gasteiger partial charge >= 0.3 is 6.09 Å². The Morgan fingerprint density at radius 3 is 2.10 bits per heavy atom. The number of rotatable bonds is 3. The molecule has 0 fully saturated rings. The van der Waals surface area contributed by atoms with E-state index >= 15 is 0 Å². The first-order chi connectivity index (χ1) is 9.31. The Labute approximate surface area is 124 Å². The Kier molecular flexibility index (Phi) is 4.69. The molecule has 9 heteroatoms. The molecular formula is C12H16NO6S2. The highest BCUT2D eigenvalue weighted by molar-refractivity contribution is 7.91. The van der Waals surface area contributed by atoms with Crippen LogP contribution in [0.4, 0.5) is 4.79 Å². The minimum absolute atomic E-state index is 0.178. The smallest absolute Gasteiger partial charge is 0.442 e. The summed E-state index contributed by atoms with van der Waals surface area (Å²) in [6, 6.07) is 4.60. The Bertz CT molecular complexity index is 744. The summed E-state index contributed by atoms with van der Waals surface area (Å²) < 4.78 is 54.5. The third-order valence-corrected chi connectivity index (χ3v) is 4.47. The van der Waals surface area contributed by atoms with Gasteiger partial charge in [-0.25, -0.2) is 13.2 Å². The highest BCUT2D eigenvalue weighted by atomic mass is 32.2. The largest absolute Gasteiger partial charge is 0.445 e. The lowest BCUT2D eigenvalue weighted by Gasteiger charge is -2.18. The van der Waals surface area contributed by atoms with Gasteiger partial charge in [-0.15, -0.1) is 0 Å². The van der Waals surface area contributed by atoms with Crippen LogP contribution in [0, 0.1) is 0 Å². The van der Waals surface area contributed by atoms with Crippen LogP contribution in [0.3, 0.4) is 0 Å². The molecule has 0 aliphatic carbocycles. The molecule has 117 valence electrons. The van der Waals surface area contributed by atoms with Gasteiger partial charge in [0.25, 0.3) is 10.0 Å². The molecule has 7 nitrogen and oxygen atoms in total. The summed E-state index contributed by atoms with van der Waals surface area (Å²) in [5, 5.41) is 0. The van der Waals surface area contributed by atoms with Crippen LogP contribution in [-0.4, -0.2) is 34.8 Å². The number of nitrogens with zero attached hydrogens (tertiary/aromatic N) is 1. The van der Waals surface area contributed by atoms with Gasteiger partial charge in [-0.1, -0.05) is 10.8 Å². The molecule has 21 heavy (non-hydrogen) atoms. The standard InChI is InChI=1S/C12H16NO6S2/c1-12(2,3)19-11(14)13-21(17,18)10-7-5-6-9(8-10)20(4,15)16/h5-8H,1-4H3. The van der Waals surface area contributed by atoms with Gasteiger partial charge in [0, 0.05) is 6.26 Å². The van der Waals surface area contributed by atoms with Gasteiger partial charge in [0.15, 0.2) is 9.84 Å². The van der Waals surface area contributed by atoms with E-state index in [1.165, 1.54) is 12.1 Å². The summed E-state index contributed by atoms with van der Waals surface area (Å²) in [5.74, 6) is 0. The normalized spacial score (nSPS) is 12.8. The molecule has 1 amide bonds. The van der Waals surface area contributed by atoms with Gasteiger partial charge in [0.2, 0.25) is 0 Å². The first kappa shape index (κ1) is 17.4. The van der Waals surface area contributed by atoms with Crippen molar-refractivity contribution in [3.8, 4) is 0 Å². The molecule has 0 bridgehead atoms. The molecule has 0 aliphatic heterocycles. The molecule has 0 atom stereocenters. The molecule has 1 aromatic carbocycles. The zero-order valence-electron chi connectivity index (χ0n) is 12.0. The monoisotopic (exact) mass is 334 g/mol. The molecule has 1 rings (SSSR count). The van der Waals surface area contributed by atoms with Crippen molar-refractivity contribution in [1.82, 2.24) is 4.72 Å². The average Bonchev–Trinajstić information content (AvgIpc) is 2.24. The maximum absolute atomic E-state index is 11.9. The minimum atomic E-state index is -4.33. The van der Waals surface area contributed by atoms with Crippen LogP contribution in [0.2, 0.25) is 0 Å². The number of amides is 1. The molecule has 0 saturated heterocycles. The van der Waals surface area contributed by atoms with Crippen LogP contribution in [0.1, 0.15) is 20.8 Å². The second kappa shape index (κ2) is 5.64. The van der Waals surface area contributed by atoms with Gasteiger partial charge in [-0.2, -0.15) is 8.42 Å². The SMILES string of the molecule is CC(C)(C)OC(=O)[N]S(=O)(=O)c1cccc(S(C)(=O)=O)c1. The van der Waals surface area contributed by atoms with Crippen molar-refractivity contribution in [1.29, 1.82) is 0 Å². The molecule has 0 unspecified atom stereocenters. The Morgan fingerprint density at radius 2 is 1.62 bits per heavy atom. The fourth-order valence-electron chi connectivity index (χ4n) is 1.30. The van der Waals surface area contributed by atoms with E-state index in [9.17, 15) is 21.6 Å². The first-order valence-corrected chi connectivity index (χ1v) is 9.15. The van der Waals surface area contributed by atoms with Gasteiger partial charge < -0.3 is 4.74 Å². The van der Waals surface area contributed by atoms with Crippen LogP contribution < -0.4 is 4.72 Å². The number of hydrogen-bond acceptors (Lipinski definition) is 6. The van der Waals surface area contributed by atoms with E-state index < -0.39 is 36.5 Å². The molecular weight excluding hydrogens is 318 g/mol. The van der Waals surface area contributed by atoms with E-state index in [0.29, 0.717) is 0 Å². The number of sulfonamides is 1. The zero-order chi connectivity index (χ0) is 16.5. The number of carbonyl (C=O) groups is 1. The van der Waals surface area contributed by atoms with E-state index in [4.69, 9.17) is 4.74 Å². The van der Waals surface area contributed by atoms with Gasteiger partial charge in [-0.05, 0) is 39.0 Å². The molecule has 0 aliphatic rings. The maximum Gasteiger partial charge on any atom is 0.445 e. The molecule has 0 spiro atoms. The summed E-state index contributed by atoms with van der Waals surface area (Å²) in [5.41, 5.74) is -0.884. The van der Waals surface area contributed by atoms with Crippen LogP contribution in [0.15, 0.2) is 34.1 Å². The third-order valence-electron chi connectivity index (χ3n) is 2.12. The molecule has 0 heterocycles. The lowest BCUT2D eigenvalue weighted by molar-refractivity contribution is 0.0565. The molecule has 1 aromatic rings. The van der Waals surface area contributed by atoms with E-state index in [1.807, 2.05) is 0 Å². The summed E-state index contributed by atoms with van der Waals surface area (Å²) in [4.78, 5) is 10.9. The van der Waals surface area contributed by atoms with Crippen LogP contribution in [0.5, 0.6) is 0 Å². The van der Waals surface area contributed by atoms with Crippen LogP contribution >= 0.6 is 0 Å². The number of carbonyl (C=O) groups excluding carboxylic acids is 1. The zero-order valence-corrected chi connectivity index (χ0v) is 13.7. The van der Waals surface area contributed by atoms with Crippen LogP contribution in [0.25, 0.3) is 0 Å². The Balaban J connectivity index is 3.07. The van der Waals surface area contributed by atoms with Crippen molar-refractivity contribution < 1.29 is 26.4 Å². The summed E-state index contributed by atoms with van der Waals surface area (Å²) in [6.45, 7) is 4.70. The van der Waals surface area contributed by atoms with Gasteiger partial charge in [0.1, 0.15) is 5.60 Å². The van der Waals surface area contributed by atoms with Crippen molar-refractivity contribution >= 4 is 26.0 Å². The van der Waals surface area contributed by atoms with Crippen molar-refractivity contribution in [3.63, 3.8) is 0 Å². The predicted molar refractivity (Wildman–Crippen MR) is 75.1 cm³/mol. The lowest BCUT2D eigenvalue weighted by Crippen LogP contribution is -2.31. The van der Waals surface area contributed by atoms with Gasteiger partial charge in [0.05, 0.1) is 9.79 Å². The Morgan fingerprint density at radius 1 is 1.10 bits per heavy atom. The summed E-state index contributed by atoms with van der Waals surface area (Å²) in [7, 11) is -7.89. The number of hydrogen-bond donors (Lipinski definition) is 0. The molecule has 0 aromatic heterocycles. The van der Waals surface area contributed by atoms with E-state index in [1.54, 1.807) is 20.8 Å². The van der Waals surface area contributed by atoms with Crippen LogP contribution in [-0.2, 0) is 24.6 Å². The minimum Gasteiger partial charge on any atom is -0.442 e. The van der Waals surface area contributed by atoms with Gasteiger partial charge in [-0.3, -0.25) is 0 Å². The number of benzene rings is 1. The topological polar surface area (TPSA) is 109 Å². The average molecular weight is 334 g/mol. The maximum atomic E-state index is 11.9. The van der Waals surface area contributed by atoms with E-state index in [0.717, 1.165) is 18.4 Å². The number of ether oxygens (including phenoxy) is 1. The predicted octanol–water partition coefficient (Wildman–Crippen LogP) is 1.32. The van der Waals surface area contributed by atoms with Crippen molar-refractivity contribution in [2.75, 3.05) is 6.26 Å². The van der Waals surface area contributed by atoms with Crippen molar-refractivity contribution in [2.45, 2.75) is 36.2 Å². The second-order valence-corrected chi connectivity index (χ2v) is 8.91. The van der Waals surface area contributed by atoms with Crippen molar-refractivity contribution in [3.05, 3.63) is 24.3 Å². The fraction of sp³-hybridized carbons (Fsp3) is 0.417. The first-order valence-electron chi connectivity index (χ1n) is 5.82. The highest BCUT2D eigenvalue weighted by Crippen LogP contribution is 2.17. The molecule has 0 saturated carbocycles. The third kappa shape index (κ3) is 5.35. The molecule has 0 N–H and O–H groups in total. The number of sulfone groups is 1. The fourth-order valence-corrected chi connectivity index (χ4v) is 2.90. The quantitative estimate of drug-likeness (QED) is 0.824. The summed E-state index contributed by atoms with van der Waals surface area (Å²) >= 11 is 0. The van der Waals surface area contributed by atoms with Crippen molar-refractivity contribution in [2.24, 2.45) is 0 Å². The van der Waals surface area contributed by atoms with E-state index in [2.05, 4.69) is 4.72 Å². The Hall–Kier alpha value is -1.61. The lowest BCUT2D eigenvalue weighted by atomic mass is 10.2.